The Morgan fingerprint density at radius 1 is 1.10 bits per heavy atom. The van der Waals surface area contributed by atoms with Crippen LogP contribution in [-0.4, -0.2) is 5.91 Å². The Hall–Kier alpha value is -1.68. The molecule has 0 aliphatic rings. The monoisotopic (exact) mass is 335 g/mol. The van der Waals surface area contributed by atoms with Gasteiger partial charge in [-0.05, 0) is 77.7 Å². The standard InChI is InChI=1S/C16H15BrFNO/c1-9-6-11(3)15(13(17)7-9)19-16(20)12-4-5-14(18)10(2)8-12/h4-8H,1-3H3,(H,19,20). The zero-order valence-corrected chi connectivity index (χ0v) is 13.1. The van der Waals surface area contributed by atoms with Gasteiger partial charge < -0.3 is 5.32 Å². The molecule has 2 rings (SSSR count). The van der Waals surface area contributed by atoms with E-state index < -0.39 is 0 Å². The zero-order valence-electron chi connectivity index (χ0n) is 11.6. The Bertz CT molecular complexity index is 659. The summed E-state index contributed by atoms with van der Waals surface area (Å²) in [6, 6.07) is 8.27. The SMILES string of the molecule is Cc1cc(C)c(NC(=O)c2ccc(F)c(C)c2)c(Br)c1. The number of carbonyl (C=O) groups excluding carboxylic acids is 1. The van der Waals surface area contributed by atoms with E-state index in [-0.39, 0.29) is 11.7 Å². The van der Waals surface area contributed by atoms with E-state index in [0.29, 0.717) is 11.1 Å². The third kappa shape index (κ3) is 3.07. The van der Waals surface area contributed by atoms with E-state index in [1.165, 1.54) is 12.1 Å². The van der Waals surface area contributed by atoms with Gasteiger partial charge in [-0.1, -0.05) is 6.07 Å². The minimum absolute atomic E-state index is 0.249. The summed E-state index contributed by atoms with van der Waals surface area (Å²) < 4.78 is 14.1. The number of aryl methyl sites for hydroxylation is 3. The third-order valence-electron chi connectivity index (χ3n) is 3.09. The van der Waals surface area contributed by atoms with Crippen LogP contribution in [0.3, 0.4) is 0 Å². The van der Waals surface area contributed by atoms with Crippen molar-refractivity contribution in [3.05, 3.63) is 62.9 Å². The van der Waals surface area contributed by atoms with E-state index >= 15 is 0 Å². The molecule has 2 aromatic rings. The second kappa shape index (κ2) is 5.75. The van der Waals surface area contributed by atoms with Crippen LogP contribution in [0.15, 0.2) is 34.8 Å². The average Bonchev–Trinajstić information content (AvgIpc) is 2.36. The van der Waals surface area contributed by atoms with Crippen LogP contribution >= 0.6 is 15.9 Å². The molecule has 0 saturated heterocycles. The maximum Gasteiger partial charge on any atom is 0.255 e. The van der Waals surface area contributed by atoms with Crippen molar-refractivity contribution in [1.82, 2.24) is 0 Å². The molecule has 0 radical (unpaired) electrons. The molecule has 0 spiro atoms. The van der Waals surface area contributed by atoms with Crippen LogP contribution < -0.4 is 5.32 Å². The highest BCUT2D eigenvalue weighted by Crippen LogP contribution is 2.28. The molecule has 0 heterocycles. The van der Waals surface area contributed by atoms with Crippen LogP contribution in [0.5, 0.6) is 0 Å². The molecule has 0 aromatic heterocycles. The Balaban J connectivity index is 2.30. The van der Waals surface area contributed by atoms with Gasteiger partial charge in [0.1, 0.15) is 5.82 Å². The second-order valence-corrected chi connectivity index (χ2v) is 5.71. The topological polar surface area (TPSA) is 29.1 Å². The summed E-state index contributed by atoms with van der Waals surface area (Å²) in [5, 5.41) is 2.86. The van der Waals surface area contributed by atoms with Crippen LogP contribution in [0, 0.1) is 26.6 Å². The van der Waals surface area contributed by atoms with Crippen molar-refractivity contribution in [2.24, 2.45) is 0 Å². The summed E-state index contributed by atoms with van der Waals surface area (Å²) in [6.45, 7) is 5.56. The highest BCUT2D eigenvalue weighted by molar-refractivity contribution is 9.10. The van der Waals surface area contributed by atoms with Gasteiger partial charge in [0.25, 0.3) is 5.91 Å². The molecule has 4 heteroatoms. The van der Waals surface area contributed by atoms with Gasteiger partial charge in [-0.15, -0.1) is 0 Å². The largest absolute Gasteiger partial charge is 0.321 e. The zero-order chi connectivity index (χ0) is 14.9. The molecular weight excluding hydrogens is 321 g/mol. The minimum Gasteiger partial charge on any atom is -0.321 e. The Kier molecular flexibility index (Phi) is 4.23. The van der Waals surface area contributed by atoms with Crippen molar-refractivity contribution in [3.8, 4) is 0 Å². The van der Waals surface area contributed by atoms with Crippen LogP contribution in [-0.2, 0) is 0 Å². The molecule has 1 N–H and O–H groups in total. The van der Waals surface area contributed by atoms with Crippen LogP contribution in [0.2, 0.25) is 0 Å². The van der Waals surface area contributed by atoms with Gasteiger partial charge in [0.05, 0.1) is 5.69 Å². The number of amides is 1. The van der Waals surface area contributed by atoms with Gasteiger partial charge >= 0.3 is 0 Å². The number of hydrogen-bond acceptors (Lipinski definition) is 1. The van der Waals surface area contributed by atoms with Crippen molar-refractivity contribution in [2.75, 3.05) is 5.32 Å². The summed E-state index contributed by atoms with van der Waals surface area (Å²) in [4.78, 5) is 12.2. The number of anilines is 1. The van der Waals surface area contributed by atoms with Crippen LogP contribution in [0.1, 0.15) is 27.0 Å². The van der Waals surface area contributed by atoms with E-state index in [9.17, 15) is 9.18 Å². The third-order valence-corrected chi connectivity index (χ3v) is 3.72. The van der Waals surface area contributed by atoms with Gasteiger partial charge in [0, 0.05) is 10.0 Å². The number of halogens is 2. The summed E-state index contributed by atoms with van der Waals surface area (Å²) >= 11 is 3.45. The molecule has 0 aliphatic heterocycles. The van der Waals surface area contributed by atoms with Crippen molar-refractivity contribution in [2.45, 2.75) is 20.8 Å². The number of rotatable bonds is 2. The van der Waals surface area contributed by atoms with E-state index in [0.717, 1.165) is 21.3 Å². The maximum absolute atomic E-state index is 13.2. The predicted molar refractivity (Wildman–Crippen MR) is 82.7 cm³/mol. The van der Waals surface area contributed by atoms with Crippen molar-refractivity contribution in [3.63, 3.8) is 0 Å². The molecule has 2 nitrogen and oxygen atoms in total. The first-order valence-corrected chi connectivity index (χ1v) is 7.02. The summed E-state index contributed by atoms with van der Waals surface area (Å²) in [6.07, 6.45) is 0. The van der Waals surface area contributed by atoms with Crippen molar-refractivity contribution in [1.29, 1.82) is 0 Å². The quantitative estimate of drug-likeness (QED) is 0.841. The molecule has 104 valence electrons. The lowest BCUT2D eigenvalue weighted by Crippen LogP contribution is -2.13. The second-order valence-electron chi connectivity index (χ2n) is 4.86. The fraction of sp³-hybridized carbons (Fsp3) is 0.188. The lowest BCUT2D eigenvalue weighted by Gasteiger charge is -2.12. The molecule has 0 aliphatic carbocycles. The molecule has 0 fully saturated rings. The fourth-order valence-electron chi connectivity index (χ4n) is 2.05. The molecule has 0 bridgehead atoms. The highest BCUT2D eigenvalue weighted by Gasteiger charge is 2.12. The summed E-state index contributed by atoms with van der Waals surface area (Å²) in [7, 11) is 0. The fourth-order valence-corrected chi connectivity index (χ4v) is 2.82. The van der Waals surface area contributed by atoms with Crippen LogP contribution in [0.4, 0.5) is 10.1 Å². The van der Waals surface area contributed by atoms with Gasteiger partial charge in [-0.25, -0.2) is 4.39 Å². The molecule has 0 atom stereocenters. The van der Waals surface area contributed by atoms with E-state index in [2.05, 4.69) is 21.2 Å². The highest BCUT2D eigenvalue weighted by atomic mass is 79.9. The first-order valence-electron chi connectivity index (χ1n) is 6.22. The van der Waals surface area contributed by atoms with Gasteiger partial charge in [-0.2, -0.15) is 0 Å². The lowest BCUT2D eigenvalue weighted by molar-refractivity contribution is 0.102. The number of nitrogens with one attached hydrogen (secondary N) is 1. The smallest absolute Gasteiger partial charge is 0.255 e. The first kappa shape index (κ1) is 14.7. The lowest BCUT2D eigenvalue weighted by atomic mass is 10.1. The molecular formula is C16H15BrFNO. The van der Waals surface area contributed by atoms with E-state index in [1.54, 1.807) is 13.0 Å². The minimum atomic E-state index is -0.311. The van der Waals surface area contributed by atoms with Gasteiger partial charge in [-0.3, -0.25) is 4.79 Å². The van der Waals surface area contributed by atoms with E-state index in [1.807, 2.05) is 26.0 Å². The number of benzene rings is 2. The normalized spacial score (nSPS) is 10.4. The Morgan fingerprint density at radius 3 is 2.40 bits per heavy atom. The van der Waals surface area contributed by atoms with Crippen LogP contribution in [0.25, 0.3) is 0 Å². The predicted octanol–water partition coefficient (Wildman–Crippen LogP) is 4.77. The van der Waals surface area contributed by atoms with Crippen molar-refractivity contribution >= 4 is 27.5 Å². The number of carbonyl (C=O) groups is 1. The molecule has 2 aromatic carbocycles. The van der Waals surface area contributed by atoms with Crippen molar-refractivity contribution < 1.29 is 9.18 Å². The van der Waals surface area contributed by atoms with Gasteiger partial charge in [0.15, 0.2) is 0 Å². The Labute approximate surface area is 126 Å². The first-order chi connectivity index (χ1) is 9.38. The number of hydrogen-bond donors (Lipinski definition) is 1. The summed E-state index contributed by atoms with van der Waals surface area (Å²) in [5.74, 6) is -0.560. The van der Waals surface area contributed by atoms with E-state index in [4.69, 9.17) is 0 Å². The summed E-state index contributed by atoms with van der Waals surface area (Å²) in [5.41, 5.74) is 3.73. The Morgan fingerprint density at radius 2 is 1.80 bits per heavy atom. The maximum atomic E-state index is 13.2. The van der Waals surface area contributed by atoms with Gasteiger partial charge in [0.2, 0.25) is 0 Å². The molecule has 20 heavy (non-hydrogen) atoms. The molecule has 1 amide bonds. The molecule has 0 saturated carbocycles. The average molecular weight is 336 g/mol. The molecule has 0 unspecified atom stereocenters.